The summed E-state index contributed by atoms with van der Waals surface area (Å²) >= 11 is 1.25. The zero-order chi connectivity index (χ0) is 23.4. The molecule has 0 aliphatic heterocycles. The van der Waals surface area contributed by atoms with Gasteiger partial charge in [0.05, 0.1) is 10.7 Å². The van der Waals surface area contributed by atoms with Gasteiger partial charge in [-0.15, -0.1) is 10.2 Å². The van der Waals surface area contributed by atoms with Crippen LogP contribution >= 0.6 is 11.8 Å². The summed E-state index contributed by atoms with van der Waals surface area (Å²) < 4.78 is 1.89. The van der Waals surface area contributed by atoms with Crippen molar-refractivity contribution in [2.45, 2.75) is 19.0 Å². The molecule has 0 atom stereocenters. The second-order valence-corrected chi connectivity index (χ2v) is 8.25. The summed E-state index contributed by atoms with van der Waals surface area (Å²) in [5.41, 5.74) is 3.93. The molecule has 0 aliphatic carbocycles. The SMILES string of the molecule is Cc1ccc(-n2c(SCC(=O)Nc3ccc([N+](=O)[O-])cc3C)nnc2-c2cccnc2)cc1. The molecular weight excluding hydrogens is 440 g/mol. The van der Waals surface area contributed by atoms with Crippen LogP contribution in [0.1, 0.15) is 11.1 Å². The highest BCUT2D eigenvalue weighted by Crippen LogP contribution is 2.28. The van der Waals surface area contributed by atoms with Gasteiger partial charge in [0.1, 0.15) is 0 Å². The van der Waals surface area contributed by atoms with Gasteiger partial charge in [0.15, 0.2) is 11.0 Å². The molecule has 2 aromatic carbocycles. The molecule has 0 saturated carbocycles. The Bertz CT molecular complexity index is 1310. The Morgan fingerprint density at radius 2 is 1.91 bits per heavy atom. The average Bonchev–Trinajstić information content (AvgIpc) is 3.24. The lowest BCUT2D eigenvalue weighted by atomic mass is 10.2. The maximum absolute atomic E-state index is 12.6. The first-order valence-corrected chi connectivity index (χ1v) is 11.0. The summed E-state index contributed by atoms with van der Waals surface area (Å²) in [7, 11) is 0. The number of thioether (sulfide) groups is 1. The predicted molar refractivity (Wildman–Crippen MR) is 127 cm³/mol. The lowest BCUT2D eigenvalue weighted by Crippen LogP contribution is -2.15. The predicted octanol–water partition coefficient (Wildman–Crippen LogP) is 4.59. The molecular formula is C23H20N6O3S. The molecule has 0 aliphatic rings. The van der Waals surface area contributed by atoms with Crippen molar-refractivity contribution in [1.82, 2.24) is 19.7 Å². The molecule has 0 unspecified atom stereocenters. The van der Waals surface area contributed by atoms with E-state index >= 15 is 0 Å². The first-order valence-electron chi connectivity index (χ1n) is 10.0. The number of carbonyl (C=O) groups is 1. The van der Waals surface area contributed by atoms with Gasteiger partial charge in [-0.25, -0.2) is 0 Å². The summed E-state index contributed by atoms with van der Waals surface area (Å²) in [6.07, 6.45) is 3.41. The van der Waals surface area contributed by atoms with Gasteiger partial charge in [0.2, 0.25) is 5.91 Å². The van der Waals surface area contributed by atoms with Crippen molar-refractivity contribution in [2.75, 3.05) is 11.1 Å². The number of nitrogens with zero attached hydrogens (tertiary/aromatic N) is 5. The first kappa shape index (κ1) is 22.2. The van der Waals surface area contributed by atoms with Crippen molar-refractivity contribution in [3.8, 4) is 17.1 Å². The van der Waals surface area contributed by atoms with Crippen molar-refractivity contribution < 1.29 is 9.72 Å². The largest absolute Gasteiger partial charge is 0.325 e. The number of aromatic nitrogens is 4. The van der Waals surface area contributed by atoms with Crippen molar-refractivity contribution in [3.05, 3.63) is 88.2 Å². The van der Waals surface area contributed by atoms with E-state index in [2.05, 4.69) is 20.5 Å². The zero-order valence-corrected chi connectivity index (χ0v) is 18.7. The fraction of sp³-hybridized carbons (Fsp3) is 0.130. The Labute approximate surface area is 194 Å². The molecule has 1 amide bonds. The molecule has 0 fully saturated rings. The molecule has 33 heavy (non-hydrogen) atoms. The Kier molecular flexibility index (Phi) is 6.45. The number of hydrogen-bond acceptors (Lipinski definition) is 7. The lowest BCUT2D eigenvalue weighted by Gasteiger charge is -2.11. The van der Waals surface area contributed by atoms with Gasteiger partial charge in [-0.3, -0.25) is 24.5 Å². The maximum atomic E-state index is 12.6. The van der Waals surface area contributed by atoms with E-state index in [0.717, 1.165) is 16.8 Å². The molecule has 0 bridgehead atoms. The minimum absolute atomic E-state index is 0.0194. The smallest absolute Gasteiger partial charge is 0.269 e. The van der Waals surface area contributed by atoms with Crippen LogP contribution in [-0.2, 0) is 4.79 Å². The first-order chi connectivity index (χ1) is 15.9. The molecule has 1 N–H and O–H groups in total. The molecule has 4 rings (SSSR count). The average molecular weight is 461 g/mol. The third kappa shape index (κ3) is 5.07. The number of benzene rings is 2. The highest BCUT2D eigenvalue weighted by atomic mass is 32.2. The van der Waals surface area contributed by atoms with Crippen LogP contribution < -0.4 is 5.32 Å². The van der Waals surface area contributed by atoms with Crippen LogP contribution in [0.2, 0.25) is 0 Å². The van der Waals surface area contributed by atoms with E-state index in [1.807, 2.05) is 47.9 Å². The molecule has 0 radical (unpaired) electrons. The number of aryl methyl sites for hydroxylation is 2. The Balaban J connectivity index is 1.56. The highest BCUT2D eigenvalue weighted by Gasteiger charge is 2.18. The van der Waals surface area contributed by atoms with E-state index in [0.29, 0.717) is 22.2 Å². The van der Waals surface area contributed by atoms with Crippen molar-refractivity contribution >= 4 is 29.0 Å². The van der Waals surface area contributed by atoms with E-state index in [9.17, 15) is 14.9 Å². The molecule has 2 heterocycles. The minimum Gasteiger partial charge on any atom is -0.325 e. The second-order valence-electron chi connectivity index (χ2n) is 7.31. The van der Waals surface area contributed by atoms with E-state index < -0.39 is 4.92 Å². The zero-order valence-electron chi connectivity index (χ0n) is 17.9. The van der Waals surface area contributed by atoms with Crippen LogP contribution in [0.5, 0.6) is 0 Å². The van der Waals surface area contributed by atoms with Gasteiger partial charge in [0, 0.05) is 41.5 Å². The van der Waals surface area contributed by atoms with Crippen LogP contribution in [0, 0.1) is 24.0 Å². The number of nitro benzene ring substituents is 1. The van der Waals surface area contributed by atoms with Crippen LogP contribution in [0.4, 0.5) is 11.4 Å². The third-order valence-corrected chi connectivity index (χ3v) is 5.80. The number of hydrogen-bond donors (Lipinski definition) is 1. The molecule has 10 heteroatoms. The van der Waals surface area contributed by atoms with Gasteiger partial charge >= 0.3 is 0 Å². The third-order valence-electron chi connectivity index (χ3n) is 4.87. The van der Waals surface area contributed by atoms with Crippen molar-refractivity contribution in [3.63, 3.8) is 0 Å². The van der Waals surface area contributed by atoms with Crippen LogP contribution in [-0.4, -0.2) is 36.3 Å². The number of rotatable bonds is 7. The molecule has 9 nitrogen and oxygen atoms in total. The summed E-state index contributed by atoms with van der Waals surface area (Å²) in [5, 5.41) is 22.9. The molecule has 2 aromatic heterocycles. The van der Waals surface area contributed by atoms with Gasteiger partial charge in [-0.2, -0.15) is 0 Å². The molecule has 166 valence electrons. The molecule has 0 spiro atoms. The normalized spacial score (nSPS) is 10.7. The summed E-state index contributed by atoms with van der Waals surface area (Å²) in [6.45, 7) is 3.72. The van der Waals surface area contributed by atoms with Crippen molar-refractivity contribution in [1.29, 1.82) is 0 Å². The van der Waals surface area contributed by atoms with Crippen LogP contribution in [0.3, 0.4) is 0 Å². The molecule has 0 saturated heterocycles. The number of pyridine rings is 1. The fourth-order valence-corrected chi connectivity index (χ4v) is 3.94. The quantitative estimate of drug-likeness (QED) is 0.244. The van der Waals surface area contributed by atoms with Crippen LogP contribution in [0.25, 0.3) is 17.1 Å². The topological polar surface area (TPSA) is 116 Å². The Hall–Kier alpha value is -4.05. The van der Waals surface area contributed by atoms with Gasteiger partial charge in [0.25, 0.3) is 5.69 Å². The standard InChI is InChI=1S/C23H20N6O3S/c1-15-5-7-18(8-6-15)28-22(17-4-3-11-24-13-17)26-27-23(28)33-14-21(30)25-20-10-9-19(29(31)32)12-16(20)2/h3-13H,14H2,1-2H3,(H,25,30). The molecule has 4 aromatic rings. The van der Waals surface area contributed by atoms with Gasteiger partial charge in [-0.1, -0.05) is 29.5 Å². The van der Waals surface area contributed by atoms with E-state index in [4.69, 9.17) is 0 Å². The number of nitrogens with one attached hydrogen (secondary N) is 1. The summed E-state index contributed by atoms with van der Waals surface area (Å²) in [6, 6.07) is 16.0. The monoisotopic (exact) mass is 460 g/mol. The fourth-order valence-electron chi connectivity index (χ4n) is 3.19. The number of non-ortho nitro benzene ring substituents is 1. The minimum atomic E-state index is -0.466. The highest BCUT2D eigenvalue weighted by molar-refractivity contribution is 7.99. The van der Waals surface area contributed by atoms with Crippen LogP contribution in [0.15, 0.2) is 72.1 Å². The number of nitro groups is 1. The number of anilines is 1. The maximum Gasteiger partial charge on any atom is 0.269 e. The van der Waals surface area contributed by atoms with E-state index in [1.54, 1.807) is 19.3 Å². The Morgan fingerprint density at radius 3 is 2.58 bits per heavy atom. The van der Waals surface area contributed by atoms with E-state index in [1.165, 1.54) is 30.0 Å². The summed E-state index contributed by atoms with van der Waals surface area (Å²) in [5.74, 6) is 0.465. The van der Waals surface area contributed by atoms with Gasteiger partial charge < -0.3 is 5.32 Å². The number of amides is 1. The summed E-state index contributed by atoms with van der Waals surface area (Å²) in [4.78, 5) is 27.2. The second kappa shape index (κ2) is 9.61. The van der Waals surface area contributed by atoms with E-state index in [-0.39, 0.29) is 17.3 Å². The van der Waals surface area contributed by atoms with Crippen molar-refractivity contribution in [2.24, 2.45) is 0 Å². The number of carbonyl (C=O) groups excluding carboxylic acids is 1. The Morgan fingerprint density at radius 1 is 1.12 bits per heavy atom. The van der Waals surface area contributed by atoms with Gasteiger partial charge in [-0.05, 0) is 49.7 Å². The lowest BCUT2D eigenvalue weighted by molar-refractivity contribution is -0.384.